The van der Waals surface area contributed by atoms with E-state index in [1.165, 1.54) is 4.88 Å². The Bertz CT molecular complexity index is 277. The van der Waals surface area contributed by atoms with E-state index in [1.807, 2.05) is 17.5 Å². The summed E-state index contributed by atoms with van der Waals surface area (Å²) < 4.78 is 0. The minimum atomic E-state index is -0.700. The van der Waals surface area contributed by atoms with Gasteiger partial charge in [0.1, 0.15) is 0 Å². The van der Waals surface area contributed by atoms with E-state index in [0.29, 0.717) is 19.3 Å². The summed E-state index contributed by atoms with van der Waals surface area (Å²) in [6.07, 6.45) is 5.42. The first-order chi connectivity index (χ1) is 6.70. The lowest BCUT2D eigenvalue weighted by molar-refractivity contribution is 0.0475. The number of rotatable bonds is 6. The predicted molar refractivity (Wildman–Crippen MR) is 62.6 cm³/mol. The normalized spacial score (nSPS) is 11.2. The van der Waals surface area contributed by atoms with Gasteiger partial charge in [-0.1, -0.05) is 18.2 Å². The summed E-state index contributed by atoms with van der Waals surface area (Å²) in [4.78, 5) is 1.20. The molecule has 0 bridgehead atoms. The predicted octanol–water partition coefficient (Wildman–Crippen LogP) is 3.17. The SMILES string of the molecule is C=CCC(O)(CC=C)Cc1cccs1. The molecule has 0 unspecified atom stereocenters. The van der Waals surface area contributed by atoms with Gasteiger partial charge >= 0.3 is 0 Å². The molecule has 1 aromatic rings. The minimum absolute atomic E-state index is 0.608. The van der Waals surface area contributed by atoms with Crippen molar-refractivity contribution in [2.24, 2.45) is 0 Å². The van der Waals surface area contributed by atoms with Crippen LogP contribution in [0.25, 0.3) is 0 Å². The van der Waals surface area contributed by atoms with Gasteiger partial charge in [0.15, 0.2) is 0 Å². The highest BCUT2D eigenvalue weighted by molar-refractivity contribution is 7.09. The van der Waals surface area contributed by atoms with E-state index in [-0.39, 0.29) is 0 Å². The van der Waals surface area contributed by atoms with Crippen LogP contribution in [-0.2, 0) is 6.42 Å². The molecule has 0 spiro atoms. The average molecular weight is 208 g/mol. The van der Waals surface area contributed by atoms with Crippen LogP contribution >= 0.6 is 11.3 Å². The molecular formula is C12H16OS. The Labute approximate surface area is 89.4 Å². The van der Waals surface area contributed by atoms with Crippen LogP contribution in [0.2, 0.25) is 0 Å². The van der Waals surface area contributed by atoms with E-state index in [2.05, 4.69) is 13.2 Å². The van der Waals surface area contributed by atoms with Gasteiger partial charge in [0.2, 0.25) is 0 Å². The summed E-state index contributed by atoms with van der Waals surface area (Å²) in [5, 5.41) is 12.3. The van der Waals surface area contributed by atoms with Crippen molar-refractivity contribution in [2.75, 3.05) is 0 Å². The molecule has 1 nitrogen and oxygen atoms in total. The quantitative estimate of drug-likeness (QED) is 0.712. The maximum atomic E-state index is 10.2. The fraction of sp³-hybridized carbons (Fsp3) is 0.333. The third-order valence-corrected chi connectivity index (χ3v) is 3.01. The van der Waals surface area contributed by atoms with Gasteiger partial charge in [-0.3, -0.25) is 0 Å². The molecule has 0 atom stereocenters. The van der Waals surface area contributed by atoms with Crippen LogP contribution in [-0.4, -0.2) is 10.7 Å². The molecule has 0 saturated heterocycles. The minimum Gasteiger partial charge on any atom is -0.389 e. The van der Waals surface area contributed by atoms with Gasteiger partial charge in [-0.25, -0.2) is 0 Å². The summed E-state index contributed by atoms with van der Waals surface area (Å²) in [6.45, 7) is 7.33. The van der Waals surface area contributed by atoms with Crippen molar-refractivity contribution in [2.45, 2.75) is 24.9 Å². The van der Waals surface area contributed by atoms with Crippen molar-refractivity contribution in [3.63, 3.8) is 0 Å². The van der Waals surface area contributed by atoms with Crippen LogP contribution in [0.15, 0.2) is 42.8 Å². The monoisotopic (exact) mass is 208 g/mol. The molecule has 1 rings (SSSR count). The Morgan fingerprint density at radius 2 is 2.00 bits per heavy atom. The number of hydrogen-bond donors (Lipinski definition) is 1. The number of hydrogen-bond acceptors (Lipinski definition) is 2. The van der Waals surface area contributed by atoms with Gasteiger partial charge in [-0.05, 0) is 24.3 Å². The molecule has 1 aromatic heterocycles. The fourth-order valence-electron chi connectivity index (χ4n) is 1.50. The van der Waals surface area contributed by atoms with Crippen molar-refractivity contribution < 1.29 is 5.11 Å². The van der Waals surface area contributed by atoms with Crippen LogP contribution in [0.5, 0.6) is 0 Å². The lowest BCUT2D eigenvalue weighted by atomic mass is 9.91. The molecule has 0 saturated carbocycles. The molecule has 0 aliphatic rings. The zero-order valence-corrected chi connectivity index (χ0v) is 9.09. The van der Waals surface area contributed by atoms with Crippen molar-refractivity contribution in [3.8, 4) is 0 Å². The van der Waals surface area contributed by atoms with Gasteiger partial charge in [0, 0.05) is 11.3 Å². The van der Waals surface area contributed by atoms with Gasteiger partial charge in [0.25, 0.3) is 0 Å². The topological polar surface area (TPSA) is 20.2 Å². The maximum absolute atomic E-state index is 10.2. The molecule has 0 aromatic carbocycles. The molecule has 0 radical (unpaired) electrons. The van der Waals surface area contributed by atoms with E-state index < -0.39 is 5.60 Å². The molecule has 14 heavy (non-hydrogen) atoms. The van der Waals surface area contributed by atoms with E-state index in [9.17, 15) is 5.11 Å². The molecular weight excluding hydrogens is 192 g/mol. The second kappa shape index (κ2) is 5.13. The van der Waals surface area contributed by atoms with E-state index in [4.69, 9.17) is 0 Å². The Morgan fingerprint density at radius 1 is 1.36 bits per heavy atom. The molecule has 1 N–H and O–H groups in total. The van der Waals surface area contributed by atoms with Crippen molar-refractivity contribution in [1.82, 2.24) is 0 Å². The summed E-state index contributed by atoms with van der Waals surface area (Å²) in [5.41, 5.74) is -0.700. The van der Waals surface area contributed by atoms with Crippen LogP contribution in [0.1, 0.15) is 17.7 Å². The Kier molecular flexibility index (Phi) is 4.11. The third-order valence-electron chi connectivity index (χ3n) is 2.13. The van der Waals surface area contributed by atoms with Gasteiger partial charge in [-0.2, -0.15) is 0 Å². The third kappa shape index (κ3) is 3.13. The van der Waals surface area contributed by atoms with Crippen molar-refractivity contribution in [3.05, 3.63) is 47.7 Å². The zero-order valence-electron chi connectivity index (χ0n) is 8.28. The van der Waals surface area contributed by atoms with Gasteiger partial charge in [-0.15, -0.1) is 24.5 Å². The Balaban J connectivity index is 2.67. The first-order valence-corrected chi connectivity index (χ1v) is 5.55. The molecule has 0 fully saturated rings. The largest absolute Gasteiger partial charge is 0.389 e. The highest BCUT2D eigenvalue weighted by Crippen LogP contribution is 2.24. The lowest BCUT2D eigenvalue weighted by Crippen LogP contribution is -2.29. The number of aliphatic hydroxyl groups is 1. The van der Waals surface area contributed by atoms with Crippen LogP contribution in [0.4, 0.5) is 0 Å². The van der Waals surface area contributed by atoms with Crippen LogP contribution in [0, 0.1) is 0 Å². The molecule has 1 heterocycles. The highest BCUT2D eigenvalue weighted by Gasteiger charge is 2.24. The lowest BCUT2D eigenvalue weighted by Gasteiger charge is -2.24. The van der Waals surface area contributed by atoms with E-state index in [0.717, 1.165) is 0 Å². The van der Waals surface area contributed by atoms with Crippen LogP contribution < -0.4 is 0 Å². The van der Waals surface area contributed by atoms with Gasteiger partial charge < -0.3 is 5.11 Å². The Morgan fingerprint density at radius 3 is 2.43 bits per heavy atom. The van der Waals surface area contributed by atoms with Crippen LogP contribution in [0.3, 0.4) is 0 Å². The summed E-state index contributed by atoms with van der Waals surface area (Å²) in [5.74, 6) is 0. The first kappa shape index (κ1) is 11.2. The smallest absolute Gasteiger partial charge is 0.0764 e. The average Bonchev–Trinajstić information content (AvgIpc) is 2.57. The fourth-order valence-corrected chi connectivity index (χ4v) is 2.34. The van der Waals surface area contributed by atoms with Gasteiger partial charge in [0.05, 0.1) is 5.60 Å². The summed E-state index contributed by atoms with van der Waals surface area (Å²) in [7, 11) is 0. The summed E-state index contributed by atoms with van der Waals surface area (Å²) in [6, 6.07) is 4.05. The summed E-state index contributed by atoms with van der Waals surface area (Å²) >= 11 is 1.67. The second-order valence-corrected chi connectivity index (χ2v) is 4.50. The first-order valence-electron chi connectivity index (χ1n) is 4.67. The van der Waals surface area contributed by atoms with E-state index in [1.54, 1.807) is 23.5 Å². The number of thiophene rings is 1. The highest BCUT2D eigenvalue weighted by atomic mass is 32.1. The molecule has 0 amide bonds. The molecule has 76 valence electrons. The maximum Gasteiger partial charge on any atom is 0.0764 e. The van der Waals surface area contributed by atoms with Crippen molar-refractivity contribution in [1.29, 1.82) is 0 Å². The molecule has 2 heteroatoms. The Hall–Kier alpha value is -0.860. The second-order valence-electron chi connectivity index (χ2n) is 3.47. The van der Waals surface area contributed by atoms with E-state index >= 15 is 0 Å². The van der Waals surface area contributed by atoms with Crippen molar-refractivity contribution >= 4 is 11.3 Å². The molecule has 0 aliphatic heterocycles. The molecule has 0 aliphatic carbocycles. The zero-order chi connectivity index (χ0) is 10.4. The standard InChI is InChI=1S/C12H16OS/c1-3-7-12(13,8-4-2)10-11-6-5-9-14-11/h3-6,9,13H,1-2,7-8,10H2.